The van der Waals surface area contributed by atoms with Crippen LogP contribution < -0.4 is 16.4 Å². The quantitative estimate of drug-likeness (QED) is 0.276. The molecule has 0 spiro atoms. The number of unbranched alkanes of at least 4 members (excludes halogenated alkanes) is 1. The number of hydrogen-bond donors (Lipinski definition) is 4. The molecule has 100 valence electrons. The molecule has 0 aliphatic heterocycles. The Labute approximate surface area is 103 Å². The summed E-state index contributed by atoms with van der Waals surface area (Å²) in [6.45, 7) is 6.37. The number of aliphatic imine (C=N–C) groups is 1. The molecule has 6 heteroatoms. The summed E-state index contributed by atoms with van der Waals surface area (Å²) in [5, 5.41) is 14.8. The summed E-state index contributed by atoms with van der Waals surface area (Å²) < 4.78 is 0. The summed E-state index contributed by atoms with van der Waals surface area (Å²) in [6, 6.07) is -0.749. The fourth-order valence-electron chi connectivity index (χ4n) is 1.30. The highest BCUT2D eigenvalue weighted by Crippen LogP contribution is 1.99. The van der Waals surface area contributed by atoms with Gasteiger partial charge < -0.3 is 21.5 Å². The van der Waals surface area contributed by atoms with Gasteiger partial charge in [-0.25, -0.2) is 0 Å². The molecular weight excluding hydrogens is 220 g/mol. The molecule has 0 aromatic rings. The zero-order valence-corrected chi connectivity index (χ0v) is 10.7. The predicted octanol–water partition coefficient (Wildman–Crippen LogP) is 0.144. The van der Waals surface area contributed by atoms with Crippen LogP contribution in [0.25, 0.3) is 0 Å². The number of aliphatic carboxylic acids is 1. The van der Waals surface area contributed by atoms with Crippen molar-refractivity contribution in [2.45, 2.75) is 39.2 Å². The van der Waals surface area contributed by atoms with Crippen LogP contribution in [0, 0.1) is 0 Å². The van der Waals surface area contributed by atoms with Crippen molar-refractivity contribution in [2.24, 2.45) is 10.7 Å². The van der Waals surface area contributed by atoms with Crippen LogP contribution in [0.1, 0.15) is 33.1 Å². The lowest BCUT2D eigenvalue weighted by Crippen LogP contribution is -2.37. The smallest absolute Gasteiger partial charge is 0.320 e. The Morgan fingerprint density at radius 2 is 1.88 bits per heavy atom. The lowest BCUT2D eigenvalue weighted by atomic mass is 10.1. The van der Waals surface area contributed by atoms with Gasteiger partial charge in [0.1, 0.15) is 6.04 Å². The van der Waals surface area contributed by atoms with Crippen LogP contribution in [-0.4, -0.2) is 42.7 Å². The SMILES string of the molecule is CCNC(=NCCCC[C@H](N)C(=O)O)NCC. The minimum Gasteiger partial charge on any atom is -0.480 e. The first-order valence-corrected chi connectivity index (χ1v) is 6.12. The van der Waals surface area contributed by atoms with Crippen molar-refractivity contribution >= 4 is 11.9 Å². The summed E-state index contributed by atoms with van der Waals surface area (Å²) in [5.74, 6) is -0.132. The largest absolute Gasteiger partial charge is 0.480 e. The molecular formula is C11H24N4O2. The molecule has 17 heavy (non-hydrogen) atoms. The Hall–Kier alpha value is -1.30. The first-order valence-electron chi connectivity index (χ1n) is 6.12. The number of carbonyl (C=O) groups is 1. The fraction of sp³-hybridized carbons (Fsp3) is 0.818. The van der Waals surface area contributed by atoms with Crippen molar-refractivity contribution in [2.75, 3.05) is 19.6 Å². The highest BCUT2D eigenvalue weighted by atomic mass is 16.4. The summed E-state index contributed by atoms with van der Waals surface area (Å²) >= 11 is 0. The molecule has 1 atom stereocenters. The average Bonchev–Trinajstić information content (AvgIpc) is 2.28. The van der Waals surface area contributed by atoms with Crippen molar-refractivity contribution in [3.63, 3.8) is 0 Å². The van der Waals surface area contributed by atoms with E-state index in [0.717, 1.165) is 31.9 Å². The Bertz CT molecular complexity index is 236. The summed E-state index contributed by atoms with van der Waals surface area (Å²) in [6.07, 6.45) is 2.13. The number of carboxylic acid groups (broad SMARTS) is 1. The molecule has 0 aromatic heterocycles. The van der Waals surface area contributed by atoms with E-state index in [1.807, 2.05) is 13.8 Å². The van der Waals surface area contributed by atoms with Gasteiger partial charge in [0.2, 0.25) is 0 Å². The molecule has 0 aromatic carbocycles. The monoisotopic (exact) mass is 244 g/mol. The molecule has 0 amide bonds. The van der Waals surface area contributed by atoms with Gasteiger partial charge in [0.05, 0.1) is 0 Å². The molecule has 0 saturated carbocycles. The van der Waals surface area contributed by atoms with Crippen LogP contribution in [0.4, 0.5) is 0 Å². The van der Waals surface area contributed by atoms with Gasteiger partial charge in [-0.15, -0.1) is 0 Å². The van der Waals surface area contributed by atoms with Crippen molar-refractivity contribution in [1.82, 2.24) is 10.6 Å². The molecule has 5 N–H and O–H groups in total. The van der Waals surface area contributed by atoms with Crippen LogP contribution in [0.3, 0.4) is 0 Å². The van der Waals surface area contributed by atoms with E-state index < -0.39 is 12.0 Å². The first kappa shape index (κ1) is 15.7. The number of carboxylic acids is 1. The second kappa shape index (κ2) is 9.89. The Morgan fingerprint density at radius 3 is 2.35 bits per heavy atom. The third-order valence-electron chi connectivity index (χ3n) is 2.20. The number of nitrogens with zero attached hydrogens (tertiary/aromatic N) is 1. The minimum absolute atomic E-state index is 0.503. The van der Waals surface area contributed by atoms with E-state index in [1.165, 1.54) is 0 Å². The number of hydrogen-bond acceptors (Lipinski definition) is 3. The van der Waals surface area contributed by atoms with Crippen LogP contribution in [0.5, 0.6) is 0 Å². The molecule has 0 aliphatic carbocycles. The molecule has 0 saturated heterocycles. The lowest BCUT2D eigenvalue weighted by molar-refractivity contribution is -0.138. The minimum atomic E-state index is -0.936. The van der Waals surface area contributed by atoms with Crippen LogP contribution in [0.15, 0.2) is 4.99 Å². The second-order valence-corrected chi connectivity index (χ2v) is 3.73. The first-order chi connectivity index (χ1) is 8.11. The molecule has 0 unspecified atom stereocenters. The van der Waals surface area contributed by atoms with E-state index in [0.29, 0.717) is 13.0 Å². The maximum Gasteiger partial charge on any atom is 0.320 e. The molecule has 0 aliphatic rings. The molecule has 0 heterocycles. The highest BCUT2D eigenvalue weighted by Gasteiger charge is 2.09. The van der Waals surface area contributed by atoms with Crippen molar-refractivity contribution in [3.8, 4) is 0 Å². The Balaban J connectivity index is 3.71. The predicted molar refractivity (Wildman–Crippen MR) is 69.1 cm³/mol. The molecule has 0 rings (SSSR count). The van der Waals surface area contributed by atoms with Crippen LogP contribution >= 0.6 is 0 Å². The molecule has 6 nitrogen and oxygen atoms in total. The van der Waals surface area contributed by atoms with Gasteiger partial charge in [-0.3, -0.25) is 9.79 Å². The Kier molecular flexibility index (Phi) is 9.14. The van der Waals surface area contributed by atoms with E-state index >= 15 is 0 Å². The number of nitrogens with two attached hydrogens (primary N) is 1. The molecule has 0 fully saturated rings. The van der Waals surface area contributed by atoms with E-state index in [2.05, 4.69) is 15.6 Å². The van der Waals surface area contributed by atoms with Crippen molar-refractivity contribution in [1.29, 1.82) is 0 Å². The summed E-state index contributed by atoms with van der Waals surface area (Å²) in [5.41, 5.74) is 5.39. The van der Waals surface area contributed by atoms with Crippen molar-refractivity contribution < 1.29 is 9.90 Å². The molecule has 0 bridgehead atoms. The summed E-state index contributed by atoms with van der Waals surface area (Å²) in [7, 11) is 0. The van der Waals surface area contributed by atoms with Crippen molar-refractivity contribution in [3.05, 3.63) is 0 Å². The fourth-order valence-corrected chi connectivity index (χ4v) is 1.30. The highest BCUT2D eigenvalue weighted by molar-refractivity contribution is 5.79. The Morgan fingerprint density at radius 1 is 1.29 bits per heavy atom. The van der Waals surface area contributed by atoms with E-state index in [-0.39, 0.29) is 0 Å². The van der Waals surface area contributed by atoms with Gasteiger partial charge in [0.25, 0.3) is 0 Å². The van der Waals surface area contributed by atoms with Gasteiger partial charge in [-0.1, -0.05) is 0 Å². The zero-order valence-electron chi connectivity index (χ0n) is 10.7. The maximum atomic E-state index is 10.5. The zero-order chi connectivity index (χ0) is 13.1. The normalized spacial score (nSPS) is 11.7. The van der Waals surface area contributed by atoms with Gasteiger partial charge >= 0.3 is 5.97 Å². The van der Waals surface area contributed by atoms with E-state index in [4.69, 9.17) is 10.8 Å². The van der Waals surface area contributed by atoms with Gasteiger partial charge in [-0.05, 0) is 33.1 Å². The maximum absolute atomic E-state index is 10.5. The number of guanidine groups is 1. The number of nitrogens with one attached hydrogen (secondary N) is 2. The third kappa shape index (κ3) is 8.50. The van der Waals surface area contributed by atoms with Gasteiger partial charge in [0.15, 0.2) is 5.96 Å². The average molecular weight is 244 g/mol. The lowest BCUT2D eigenvalue weighted by Gasteiger charge is -2.09. The van der Waals surface area contributed by atoms with Crippen LogP contribution in [-0.2, 0) is 4.79 Å². The van der Waals surface area contributed by atoms with Gasteiger partial charge in [-0.2, -0.15) is 0 Å². The standard InChI is InChI=1S/C11H24N4O2/c1-3-13-11(14-4-2)15-8-6-5-7-9(12)10(16)17/h9H,3-8,12H2,1-2H3,(H,16,17)(H2,13,14,15)/t9-/m0/s1. The van der Waals surface area contributed by atoms with Gasteiger partial charge in [0, 0.05) is 19.6 Å². The molecule has 0 radical (unpaired) electrons. The summed E-state index contributed by atoms with van der Waals surface area (Å²) in [4.78, 5) is 14.8. The third-order valence-corrected chi connectivity index (χ3v) is 2.20. The van der Waals surface area contributed by atoms with E-state index in [1.54, 1.807) is 0 Å². The van der Waals surface area contributed by atoms with Crippen LogP contribution in [0.2, 0.25) is 0 Å². The number of rotatable bonds is 8. The second-order valence-electron chi connectivity index (χ2n) is 3.73. The van der Waals surface area contributed by atoms with E-state index in [9.17, 15) is 4.79 Å². The topological polar surface area (TPSA) is 99.7 Å².